The molecule has 0 saturated heterocycles. The summed E-state index contributed by atoms with van der Waals surface area (Å²) in [5.74, 6) is 0.759. The quantitative estimate of drug-likeness (QED) is 0.660. The van der Waals surface area contributed by atoms with Crippen LogP contribution < -0.4 is 15.8 Å². The monoisotopic (exact) mass is 364 g/mol. The molecule has 138 valence electrons. The van der Waals surface area contributed by atoms with Crippen molar-refractivity contribution in [2.24, 2.45) is 0 Å². The molecule has 3 N–H and O–H groups in total. The lowest BCUT2D eigenvalue weighted by molar-refractivity contribution is 0.0600. The van der Waals surface area contributed by atoms with Crippen LogP contribution in [0, 0.1) is 13.8 Å². The number of carbonyl (C=O) groups is 1. The SMILES string of the molecule is COC(=O)c1ccc(Oc2ncnc(Nc3ccc(C)cc3C)c2N)cc1. The molecule has 0 radical (unpaired) electrons. The Bertz CT molecular complexity index is 971. The zero-order chi connectivity index (χ0) is 19.4. The minimum absolute atomic E-state index is 0.225. The lowest BCUT2D eigenvalue weighted by Gasteiger charge is -2.13. The van der Waals surface area contributed by atoms with Gasteiger partial charge in [0.05, 0.1) is 12.7 Å². The molecule has 0 spiro atoms. The number of anilines is 3. The van der Waals surface area contributed by atoms with E-state index in [1.807, 2.05) is 26.0 Å². The second kappa shape index (κ2) is 7.74. The highest BCUT2D eigenvalue weighted by atomic mass is 16.5. The molecule has 3 aromatic rings. The zero-order valence-electron chi connectivity index (χ0n) is 15.3. The molecular weight excluding hydrogens is 344 g/mol. The Labute approximate surface area is 157 Å². The molecule has 0 bridgehead atoms. The van der Waals surface area contributed by atoms with Crippen molar-refractivity contribution in [2.75, 3.05) is 18.2 Å². The lowest BCUT2D eigenvalue weighted by Crippen LogP contribution is -2.04. The maximum Gasteiger partial charge on any atom is 0.337 e. The molecule has 0 aliphatic rings. The van der Waals surface area contributed by atoms with Gasteiger partial charge >= 0.3 is 5.97 Å². The molecule has 27 heavy (non-hydrogen) atoms. The van der Waals surface area contributed by atoms with Crippen molar-refractivity contribution in [3.05, 3.63) is 65.5 Å². The summed E-state index contributed by atoms with van der Waals surface area (Å²) in [4.78, 5) is 19.8. The number of nitrogens with two attached hydrogens (primary N) is 1. The van der Waals surface area contributed by atoms with E-state index in [2.05, 4.69) is 26.1 Å². The van der Waals surface area contributed by atoms with Crippen molar-refractivity contribution < 1.29 is 14.3 Å². The molecule has 0 saturated carbocycles. The number of esters is 1. The van der Waals surface area contributed by atoms with Crippen LogP contribution in [0.5, 0.6) is 11.6 Å². The first-order valence-electron chi connectivity index (χ1n) is 8.29. The van der Waals surface area contributed by atoms with Gasteiger partial charge in [-0.15, -0.1) is 0 Å². The number of nitrogen functional groups attached to an aromatic ring is 1. The largest absolute Gasteiger partial charge is 0.465 e. The van der Waals surface area contributed by atoms with Crippen molar-refractivity contribution >= 4 is 23.2 Å². The molecule has 1 heterocycles. The van der Waals surface area contributed by atoms with Gasteiger partial charge in [0.1, 0.15) is 17.8 Å². The zero-order valence-corrected chi connectivity index (χ0v) is 15.3. The number of carbonyl (C=O) groups excluding carboxylic acids is 1. The first kappa shape index (κ1) is 18.2. The fraction of sp³-hybridized carbons (Fsp3) is 0.150. The van der Waals surface area contributed by atoms with Crippen LogP contribution in [0.15, 0.2) is 48.8 Å². The average Bonchev–Trinajstić information content (AvgIpc) is 2.67. The molecule has 2 aromatic carbocycles. The molecule has 0 unspecified atom stereocenters. The van der Waals surface area contributed by atoms with Gasteiger partial charge in [-0.1, -0.05) is 17.7 Å². The maximum absolute atomic E-state index is 11.5. The molecular formula is C20H20N4O3. The topological polar surface area (TPSA) is 99.4 Å². The van der Waals surface area contributed by atoms with E-state index < -0.39 is 5.97 Å². The Morgan fingerprint density at radius 1 is 1.07 bits per heavy atom. The van der Waals surface area contributed by atoms with E-state index in [0.29, 0.717) is 17.1 Å². The number of nitrogens with one attached hydrogen (secondary N) is 1. The minimum Gasteiger partial charge on any atom is -0.465 e. The van der Waals surface area contributed by atoms with Crippen molar-refractivity contribution in [1.82, 2.24) is 9.97 Å². The van der Waals surface area contributed by atoms with Gasteiger partial charge < -0.3 is 20.5 Å². The Morgan fingerprint density at radius 2 is 1.81 bits per heavy atom. The van der Waals surface area contributed by atoms with Crippen LogP contribution in [-0.2, 0) is 4.74 Å². The molecule has 1 aromatic heterocycles. The minimum atomic E-state index is -0.414. The van der Waals surface area contributed by atoms with E-state index >= 15 is 0 Å². The van der Waals surface area contributed by atoms with Crippen LogP contribution >= 0.6 is 0 Å². The van der Waals surface area contributed by atoms with E-state index in [-0.39, 0.29) is 11.6 Å². The Hall–Kier alpha value is -3.61. The number of aromatic nitrogens is 2. The average molecular weight is 364 g/mol. The second-order valence-electron chi connectivity index (χ2n) is 6.00. The highest BCUT2D eigenvalue weighted by Crippen LogP contribution is 2.31. The van der Waals surface area contributed by atoms with Crippen molar-refractivity contribution in [1.29, 1.82) is 0 Å². The van der Waals surface area contributed by atoms with E-state index in [1.54, 1.807) is 24.3 Å². The summed E-state index contributed by atoms with van der Waals surface area (Å²) in [6.07, 6.45) is 1.38. The van der Waals surface area contributed by atoms with Gasteiger partial charge in [0, 0.05) is 5.69 Å². The third-order valence-corrected chi connectivity index (χ3v) is 3.97. The number of hydrogen-bond donors (Lipinski definition) is 2. The molecule has 3 rings (SSSR count). The predicted octanol–water partition coefficient (Wildman–Crippen LogP) is 4.00. The summed E-state index contributed by atoms with van der Waals surface area (Å²) >= 11 is 0. The molecule has 7 heteroatoms. The van der Waals surface area contributed by atoms with Crippen LogP contribution in [0.2, 0.25) is 0 Å². The lowest BCUT2D eigenvalue weighted by atomic mass is 10.1. The normalized spacial score (nSPS) is 10.3. The van der Waals surface area contributed by atoms with Gasteiger partial charge in [-0.05, 0) is 49.7 Å². The standard InChI is InChI=1S/C20H20N4O3/c1-12-4-9-16(13(2)10-12)24-18-17(21)19(23-11-22-18)27-15-7-5-14(6-8-15)20(25)26-3/h4-11H,21H2,1-3H3,(H,22,23,24). The number of aryl methyl sites for hydroxylation is 2. The number of ether oxygens (including phenoxy) is 2. The number of benzene rings is 2. The smallest absolute Gasteiger partial charge is 0.337 e. The predicted molar refractivity (Wildman–Crippen MR) is 103 cm³/mol. The van der Waals surface area contributed by atoms with E-state index in [4.69, 9.17) is 10.5 Å². The Balaban J connectivity index is 1.81. The highest BCUT2D eigenvalue weighted by Gasteiger charge is 2.12. The van der Waals surface area contributed by atoms with Gasteiger partial charge in [-0.2, -0.15) is 4.98 Å². The molecule has 0 aliphatic heterocycles. The Kier molecular flexibility index (Phi) is 5.21. The molecule has 0 aliphatic carbocycles. The van der Waals surface area contributed by atoms with Gasteiger partial charge in [0.25, 0.3) is 0 Å². The summed E-state index contributed by atoms with van der Waals surface area (Å²) in [5.41, 5.74) is 10.0. The number of rotatable bonds is 5. The molecule has 0 amide bonds. The fourth-order valence-electron chi connectivity index (χ4n) is 2.53. The van der Waals surface area contributed by atoms with Gasteiger partial charge in [0.15, 0.2) is 5.82 Å². The molecule has 7 nitrogen and oxygen atoms in total. The summed E-state index contributed by atoms with van der Waals surface area (Å²) in [7, 11) is 1.33. The fourth-order valence-corrected chi connectivity index (χ4v) is 2.53. The van der Waals surface area contributed by atoms with E-state index in [0.717, 1.165) is 11.3 Å². The first-order valence-corrected chi connectivity index (χ1v) is 8.29. The van der Waals surface area contributed by atoms with E-state index in [1.165, 1.54) is 19.0 Å². The van der Waals surface area contributed by atoms with Gasteiger partial charge in [0.2, 0.25) is 5.88 Å². The Morgan fingerprint density at radius 3 is 2.48 bits per heavy atom. The summed E-state index contributed by atoms with van der Waals surface area (Å²) < 4.78 is 10.4. The summed E-state index contributed by atoms with van der Waals surface area (Å²) in [5, 5.41) is 3.21. The van der Waals surface area contributed by atoms with Gasteiger partial charge in [-0.3, -0.25) is 0 Å². The third kappa shape index (κ3) is 4.14. The van der Waals surface area contributed by atoms with E-state index in [9.17, 15) is 4.79 Å². The first-order chi connectivity index (χ1) is 13.0. The van der Waals surface area contributed by atoms with Crippen LogP contribution in [0.1, 0.15) is 21.5 Å². The maximum atomic E-state index is 11.5. The van der Waals surface area contributed by atoms with Gasteiger partial charge in [-0.25, -0.2) is 9.78 Å². The van der Waals surface area contributed by atoms with Crippen LogP contribution in [0.3, 0.4) is 0 Å². The van der Waals surface area contributed by atoms with Crippen LogP contribution in [0.25, 0.3) is 0 Å². The second-order valence-corrected chi connectivity index (χ2v) is 6.00. The highest BCUT2D eigenvalue weighted by molar-refractivity contribution is 5.89. The summed E-state index contributed by atoms with van der Waals surface area (Å²) in [6, 6.07) is 12.5. The number of hydrogen-bond acceptors (Lipinski definition) is 7. The number of methoxy groups -OCH3 is 1. The third-order valence-electron chi connectivity index (χ3n) is 3.97. The molecule has 0 fully saturated rings. The van der Waals surface area contributed by atoms with Crippen molar-refractivity contribution in [3.63, 3.8) is 0 Å². The van der Waals surface area contributed by atoms with Crippen molar-refractivity contribution in [2.45, 2.75) is 13.8 Å². The van der Waals surface area contributed by atoms with Crippen LogP contribution in [-0.4, -0.2) is 23.0 Å². The number of nitrogens with zero attached hydrogens (tertiary/aromatic N) is 2. The molecule has 0 atom stereocenters. The van der Waals surface area contributed by atoms with Crippen LogP contribution in [0.4, 0.5) is 17.2 Å². The van der Waals surface area contributed by atoms with Crippen molar-refractivity contribution in [3.8, 4) is 11.6 Å². The summed E-state index contributed by atoms with van der Waals surface area (Å²) in [6.45, 7) is 4.04.